The molecule has 0 heterocycles. The second-order valence-electron chi connectivity index (χ2n) is 4.85. The Labute approximate surface area is 109 Å². The van der Waals surface area contributed by atoms with Crippen LogP contribution in [0.15, 0.2) is 18.2 Å². The molecule has 1 aliphatic rings. The van der Waals surface area contributed by atoms with Crippen LogP contribution in [0.2, 0.25) is 0 Å². The molecule has 0 bridgehead atoms. The van der Waals surface area contributed by atoms with E-state index in [1.807, 2.05) is 6.07 Å². The van der Waals surface area contributed by atoms with Crippen LogP contribution in [-0.2, 0) is 17.9 Å². The molecule has 1 N–H and O–H groups in total. The molecule has 0 unspecified atom stereocenters. The zero-order valence-electron chi connectivity index (χ0n) is 11.4. The maximum Gasteiger partial charge on any atom is 0.124 e. The summed E-state index contributed by atoms with van der Waals surface area (Å²) in [4.78, 5) is 0. The van der Waals surface area contributed by atoms with Crippen molar-refractivity contribution in [2.24, 2.45) is 0 Å². The van der Waals surface area contributed by atoms with Crippen molar-refractivity contribution in [3.8, 4) is 5.75 Å². The Hall–Kier alpha value is -1.06. The molecular weight excluding hydrogens is 226 g/mol. The van der Waals surface area contributed by atoms with Crippen molar-refractivity contribution in [3.05, 3.63) is 29.3 Å². The Kier molecular flexibility index (Phi) is 5.02. The lowest BCUT2D eigenvalue weighted by atomic mass is 10.1. The topological polar surface area (TPSA) is 30.5 Å². The average Bonchev–Trinajstić information content (AvgIpc) is 3.21. The number of benzene rings is 1. The first-order valence-electron chi connectivity index (χ1n) is 6.80. The van der Waals surface area contributed by atoms with Gasteiger partial charge in [-0.05, 0) is 37.0 Å². The van der Waals surface area contributed by atoms with Gasteiger partial charge in [0.2, 0.25) is 0 Å². The van der Waals surface area contributed by atoms with Crippen LogP contribution in [0.4, 0.5) is 0 Å². The van der Waals surface area contributed by atoms with Crippen LogP contribution in [0.5, 0.6) is 5.75 Å². The highest BCUT2D eigenvalue weighted by Crippen LogP contribution is 2.23. The minimum atomic E-state index is 0.633. The van der Waals surface area contributed by atoms with E-state index in [2.05, 4.69) is 24.4 Å². The van der Waals surface area contributed by atoms with Crippen LogP contribution in [-0.4, -0.2) is 19.8 Å². The number of ether oxygens (including phenoxy) is 2. The van der Waals surface area contributed by atoms with Gasteiger partial charge in [-0.1, -0.05) is 13.0 Å². The summed E-state index contributed by atoms with van der Waals surface area (Å²) in [5.74, 6) is 0.918. The highest BCUT2D eigenvalue weighted by Gasteiger charge is 2.20. The van der Waals surface area contributed by atoms with Gasteiger partial charge < -0.3 is 14.8 Å². The van der Waals surface area contributed by atoms with Gasteiger partial charge in [-0.15, -0.1) is 0 Å². The summed E-state index contributed by atoms with van der Waals surface area (Å²) >= 11 is 0. The molecule has 3 heteroatoms. The maximum absolute atomic E-state index is 5.60. The second-order valence-corrected chi connectivity index (χ2v) is 4.85. The third-order valence-electron chi connectivity index (χ3n) is 3.12. The minimum absolute atomic E-state index is 0.633. The summed E-state index contributed by atoms with van der Waals surface area (Å²) in [7, 11) is 1.71. The van der Waals surface area contributed by atoms with E-state index in [-0.39, 0.29) is 0 Å². The van der Waals surface area contributed by atoms with Gasteiger partial charge in [0.15, 0.2) is 0 Å². The van der Waals surface area contributed by atoms with E-state index in [9.17, 15) is 0 Å². The first kappa shape index (κ1) is 13.4. The Morgan fingerprint density at radius 1 is 1.33 bits per heavy atom. The highest BCUT2D eigenvalue weighted by molar-refractivity contribution is 5.37. The summed E-state index contributed by atoms with van der Waals surface area (Å²) in [6.45, 7) is 4.49. The van der Waals surface area contributed by atoms with E-state index < -0.39 is 0 Å². The second kappa shape index (κ2) is 6.76. The number of nitrogens with one attached hydrogen (secondary N) is 1. The fraction of sp³-hybridized carbons (Fsp3) is 0.600. The van der Waals surface area contributed by atoms with Gasteiger partial charge in [-0.2, -0.15) is 0 Å². The van der Waals surface area contributed by atoms with E-state index in [4.69, 9.17) is 9.47 Å². The SMILES string of the molecule is CCCOCc1cc(CNC2CC2)ccc1OC. The predicted molar refractivity (Wildman–Crippen MR) is 72.8 cm³/mol. The zero-order chi connectivity index (χ0) is 12.8. The maximum atomic E-state index is 5.60. The standard InChI is InChI=1S/C15H23NO2/c1-3-8-18-11-13-9-12(4-7-15(13)17-2)10-16-14-5-6-14/h4,7,9,14,16H,3,5-6,8,10-11H2,1-2H3. The molecule has 0 spiro atoms. The van der Waals surface area contributed by atoms with E-state index in [1.165, 1.54) is 18.4 Å². The van der Waals surface area contributed by atoms with Gasteiger partial charge in [0.05, 0.1) is 13.7 Å². The van der Waals surface area contributed by atoms with Crippen LogP contribution in [0.3, 0.4) is 0 Å². The Morgan fingerprint density at radius 3 is 2.83 bits per heavy atom. The normalized spacial score (nSPS) is 14.8. The minimum Gasteiger partial charge on any atom is -0.496 e. The van der Waals surface area contributed by atoms with Gasteiger partial charge in [0, 0.05) is 24.8 Å². The van der Waals surface area contributed by atoms with Crippen LogP contribution < -0.4 is 10.1 Å². The van der Waals surface area contributed by atoms with E-state index in [0.717, 1.165) is 36.9 Å². The van der Waals surface area contributed by atoms with Crippen LogP contribution >= 0.6 is 0 Å². The molecule has 3 nitrogen and oxygen atoms in total. The molecule has 1 fully saturated rings. The molecule has 0 saturated heterocycles. The Morgan fingerprint density at radius 2 is 2.17 bits per heavy atom. The molecule has 0 aliphatic heterocycles. The molecule has 2 rings (SSSR count). The quantitative estimate of drug-likeness (QED) is 0.719. The van der Waals surface area contributed by atoms with E-state index in [0.29, 0.717) is 6.61 Å². The zero-order valence-corrected chi connectivity index (χ0v) is 11.4. The van der Waals surface area contributed by atoms with Gasteiger partial charge in [-0.3, -0.25) is 0 Å². The molecule has 0 atom stereocenters. The number of hydrogen-bond donors (Lipinski definition) is 1. The van der Waals surface area contributed by atoms with Crippen molar-refractivity contribution < 1.29 is 9.47 Å². The third kappa shape index (κ3) is 4.00. The predicted octanol–water partition coefficient (Wildman–Crippen LogP) is 2.87. The molecule has 1 aliphatic carbocycles. The summed E-state index contributed by atoms with van der Waals surface area (Å²) in [6, 6.07) is 7.09. The molecule has 1 aromatic carbocycles. The highest BCUT2D eigenvalue weighted by atomic mass is 16.5. The van der Waals surface area contributed by atoms with Crippen LogP contribution in [0.25, 0.3) is 0 Å². The van der Waals surface area contributed by atoms with Crippen molar-refractivity contribution >= 4 is 0 Å². The van der Waals surface area contributed by atoms with Gasteiger partial charge >= 0.3 is 0 Å². The monoisotopic (exact) mass is 249 g/mol. The fourth-order valence-corrected chi connectivity index (χ4v) is 1.93. The average molecular weight is 249 g/mol. The number of methoxy groups -OCH3 is 1. The Bertz CT molecular complexity index is 375. The van der Waals surface area contributed by atoms with Gasteiger partial charge in [-0.25, -0.2) is 0 Å². The van der Waals surface area contributed by atoms with Crippen LogP contribution in [0, 0.1) is 0 Å². The summed E-state index contributed by atoms with van der Waals surface area (Å²) in [5, 5.41) is 3.52. The third-order valence-corrected chi connectivity index (χ3v) is 3.12. The van der Waals surface area contributed by atoms with E-state index in [1.54, 1.807) is 7.11 Å². The molecule has 1 saturated carbocycles. The molecule has 0 aromatic heterocycles. The van der Waals surface area contributed by atoms with E-state index >= 15 is 0 Å². The van der Waals surface area contributed by atoms with Crippen molar-refractivity contribution in [2.75, 3.05) is 13.7 Å². The van der Waals surface area contributed by atoms with Gasteiger partial charge in [0.1, 0.15) is 5.75 Å². The summed E-state index contributed by atoms with van der Waals surface area (Å²) in [5.41, 5.74) is 2.44. The lowest BCUT2D eigenvalue weighted by Crippen LogP contribution is -2.15. The van der Waals surface area contributed by atoms with Crippen molar-refractivity contribution in [1.82, 2.24) is 5.32 Å². The van der Waals surface area contributed by atoms with Gasteiger partial charge in [0.25, 0.3) is 0 Å². The largest absolute Gasteiger partial charge is 0.496 e. The molecule has 1 aromatic rings. The number of hydrogen-bond acceptors (Lipinski definition) is 3. The summed E-state index contributed by atoms with van der Waals surface area (Å²) < 4.78 is 11.0. The van der Waals surface area contributed by atoms with Crippen molar-refractivity contribution in [2.45, 2.75) is 45.4 Å². The molecule has 0 radical (unpaired) electrons. The molecular formula is C15H23NO2. The van der Waals surface area contributed by atoms with Crippen molar-refractivity contribution in [1.29, 1.82) is 0 Å². The molecule has 18 heavy (non-hydrogen) atoms. The van der Waals surface area contributed by atoms with Crippen LogP contribution in [0.1, 0.15) is 37.3 Å². The molecule has 0 amide bonds. The first-order chi connectivity index (χ1) is 8.83. The lowest BCUT2D eigenvalue weighted by molar-refractivity contribution is 0.119. The smallest absolute Gasteiger partial charge is 0.124 e. The molecule has 100 valence electrons. The first-order valence-corrected chi connectivity index (χ1v) is 6.80. The fourth-order valence-electron chi connectivity index (χ4n) is 1.93. The summed E-state index contributed by atoms with van der Waals surface area (Å²) in [6.07, 6.45) is 3.69. The van der Waals surface area contributed by atoms with Crippen molar-refractivity contribution in [3.63, 3.8) is 0 Å². The lowest BCUT2D eigenvalue weighted by Gasteiger charge is -2.11. The Balaban J connectivity index is 1.95. The number of rotatable bonds is 8.